The molecule has 2 unspecified atom stereocenters. The van der Waals surface area contributed by atoms with E-state index in [-0.39, 0.29) is 17.4 Å². The maximum atomic E-state index is 11.7. The van der Waals surface area contributed by atoms with Crippen LogP contribution in [0, 0.1) is 5.92 Å². The molecule has 0 bridgehead atoms. The number of fused-ring (bicyclic) bond motifs is 1. The average Bonchev–Trinajstić information content (AvgIpc) is 2.85. The van der Waals surface area contributed by atoms with Gasteiger partial charge in [-0.15, -0.1) is 0 Å². The Kier molecular flexibility index (Phi) is 3.63. The Morgan fingerprint density at radius 1 is 1.24 bits per heavy atom. The van der Waals surface area contributed by atoms with Crippen molar-refractivity contribution in [2.24, 2.45) is 5.92 Å². The molecule has 5 heteroatoms. The van der Waals surface area contributed by atoms with Gasteiger partial charge in [0.1, 0.15) is 5.75 Å². The van der Waals surface area contributed by atoms with Crippen LogP contribution in [-0.4, -0.2) is 32.1 Å². The summed E-state index contributed by atoms with van der Waals surface area (Å²) < 4.78 is 28.7. The first-order valence-electron chi connectivity index (χ1n) is 6.96. The highest BCUT2D eigenvalue weighted by atomic mass is 32.2. The lowest BCUT2D eigenvalue weighted by molar-refractivity contribution is 0.119. The molecule has 1 heterocycles. The molecule has 112 valence electrons. The van der Waals surface area contributed by atoms with Crippen LogP contribution in [0.15, 0.2) is 36.4 Å². The predicted molar refractivity (Wildman–Crippen MR) is 82.2 cm³/mol. The van der Waals surface area contributed by atoms with Gasteiger partial charge in [-0.25, -0.2) is 8.42 Å². The number of hydrogen-bond acceptors (Lipinski definition) is 4. The molecule has 1 fully saturated rings. The number of aliphatic hydroxyl groups excluding tert-OH is 1. The van der Waals surface area contributed by atoms with E-state index in [4.69, 9.17) is 4.74 Å². The van der Waals surface area contributed by atoms with E-state index >= 15 is 0 Å². The number of methoxy groups -OCH3 is 1. The molecule has 0 aromatic heterocycles. The van der Waals surface area contributed by atoms with Crippen LogP contribution in [-0.2, 0) is 9.84 Å². The van der Waals surface area contributed by atoms with Crippen LogP contribution in [0.4, 0.5) is 0 Å². The van der Waals surface area contributed by atoms with Gasteiger partial charge >= 0.3 is 0 Å². The van der Waals surface area contributed by atoms with Crippen LogP contribution in [0.5, 0.6) is 5.75 Å². The van der Waals surface area contributed by atoms with Crippen LogP contribution in [0.1, 0.15) is 18.1 Å². The molecule has 0 radical (unpaired) electrons. The van der Waals surface area contributed by atoms with Crippen LogP contribution in [0.2, 0.25) is 0 Å². The first-order valence-corrected chi connectivity index (χ1v) is 8.78. The van der Waals surface area contributed by atoms with Crippen molar-refractivity contribution in [1.29, 1.82) is 0 Å². The van der Waals surface area contributed by atoms with E-state index in [1.54, 1.807) is 7.11 Å². The third kappa shape index (κ3) is 2.63. The summed E-state index contributed by atoms with van der Waals surface area (Å²) in [6.07, 6.45) is -0.334. The minimum Gasteiger partial charge on any atom is -0.496 e. The summed E-state index contributed by atoms with van der Waals surface area (Å²) in [5.41, 5.74) is 0.692. The number of hydrogen-bond donors (Lipinski definition) is 1. The van der Waals surface area contributed by atoms with Gasteiger partial charge in [-0.3, -0.25) is 0 Å². The third-order valence-corrected chi connectivity index (χ3v) is 5.95. The summed E-state index contributed by atoms with van der Waals surface area (Å²) in [4.78, 5) is 0. The molecule has 4 nitrogen and oxygen atoms in total. The third-order valence-electron chi connectivity index (χ3n) is 4.16. The standard InChI is InChI=1S/C16H18O4S/c1-20-14-7-6-11-4-2-3-5-13(11)15(14)16(17)12-8-9-21(18,19)10-12/h2-7,12,16-17H,8-10H2,1H3. The lowest BCUT2D eigenvalue weighted by atomic mass is 9.91. The second-order valence-corrected chi connectivity index (χ2v) is 7.74. The van der Waals surface area contributed by atoms with Crippen molar-refractivity contribution in [3.63, 3.8) is 0 Å². The van der Waals surface area contributed by atoms with E-state index in [9.17, 15) is 13.5 Å². The minimum absolute atomic E-state index is 0.0422. The van der Waals surface area contributed by atoms with Crippen molar-refractivity contribution in [3.05, 3.63) is 42.0 Å². The average molecular weight is 306 g/mol. The molecule has 3 rings (SSSR count). The zero-order chi connectivity index (χ0) is 15.0. The molecule has 0 amide bonds. The van der Waals surface area contributed by atoms with E-state index in [0.29, 0.717) is 17.7 Å². The van der Waals surface area contributed by atoms with E-state index in [1.807, 2.05) is 36.4 Å². The van der Waals surface area contributed by atoms with Gasteiger partial charge in [-0.05, 0) is 23.3 Å². The summed E-state index contributed by atoms with van der Waals surface area (Å²) in [7, 11) is -1.46. The lowest BCUT2D eigenvalue weighted by Crippen LogP contribution is -2.15. The lowest BCUT2D eigenvalue weighted by Gasteiger charge is -2.21. The Morgan fingerprint density at radius 3 is 2.67 bits per heavy atom. The van der Waals surface area contributed by atoms with Crippen LogP contribution in [0.25, 0.3) is 10.8 Å². The number of rotatable bonds is 3. The fourth-order valence-corrected chi connectivity index (χ4v) is 4.90. The predicted octanol–water partition coefficient (Wildman–Crippen LogP) is 2.32. The Labute approximate surface area is 124 Å². The summed E-state index contributed by atoms with van der Waals surface area (Å²) >= 11 is 0. The molecule has 1 N–H and O–H groups in total. The fraction of sp³-hybridized carbons (Fsp3) is 0.375. The van der Waals surface area contributed by atoms with Crippen molar-refractivity contribution >= 4 is 20.6 Å². The van der Waals surface area contributed by atoms with Gasteiger partial charge in [0.15, 0.2) is 9.84 Å². The van der Waals surface area contributed by atoms with E-state index < -0.39 is 15.9 Å². The zero-order valence-corrected chi connectivity index (χ0v) is 12.6. The highest BCUT2D eigenvalue weighted by Gasteiger charge is 2.35. The van der Waals surface area contributed by atoms with Crippen molar-refractivity contribution in [2.45, 2.75) is 12.5 Å². The molecule has 2 atom stereocenters. The number of benzene rings is 2. The molecule has 1 saturated heterocycles. The van der Waals surface area contributed by atoms with E-state index in [0.717, 1.165) is 10.8 Å². The normalized spacial score (nSPS) is 22.3. The topological polar surface area (TPSA) is 63.6 Å². The number of aliphatic hydroxyl groups is 1. The first-order chi connectivity index (χ1) is 10.0. The molecule has 1 aliphatic rings. The maximum absolute atomic E-state index is 11.7. The van der Waals surface area contributed by atoms with Gasteiger partial charge in [0.05, 0.1) is 24.7 Å². The van der Waals surface area contributed by atoms with Gasteiger partial charge in [-0.1, -0.05) is 30.3 Å². The summed E-state index contributed by atoms with van der Waals surface area (Å²) in [5, 5.41) is 12.6. The Bertz CT molecular complexity index is 767. The SMILES string of the molecule is COc1ccc2ccccc2c1C(O)C1CCS(=O)(=O)C1. The van der Waals surface area contributed by atoms with Gasteiger partial charge in [-0.2, -0.15) is 0 Å². The summed E-state index contributed by atoms with van der Waals surface area (Å²) in [6, 6.07) is 11.5. The molecule has 2 aromatic carbocycles. The zero-order valence-electron chi connectivity index (χ0n) is 11.8. The molecular weight excluding hydrogens is 288 g/mol. The molecular formula is C16H18O4S. The van der Waals surface area contributed by atoms with Gasteiger partial charge in [0.2, 0.25) is 0 Å². The van der Waals surface area contributed by atoms with Crippen molar-refractivity contribution in [1.82, 2.24) is 0 Å². The van der Waals surface area contributed by atoms with E-state index in [2.05, 4.69) is 0 Å². The summed E-state index contributed by atoms with van der Waals surface area (Å²) in [6.45, 7) is 0. The molecule has 2 aromatic rings. The van der Waals surface area contributed by atoms with Crippen molar-refractivity contribution in [3.8, 4) is 5.75 Å². The van der Waals surface area contributed by atoms with Gasteiger partial charge in [0, 0.05) is 11.5 Å². The molecule has 0 aliphatic carbocycles. The molecule has 0 saturated carbocycles. The van der Waals surface area contributed by atoms with E-state index in [1.165, 1.54) is 0 Å². The Hall–Kier alpha value is -1.59. The highest BCUT2D eigenvalue weighted by Crippen LogP contribution is 2.39. The van der Waals surface area contributed by atoms with Gasteiger partial charge < -0.3 is 9.84 Å². The molecule has 0 spiro atoms. The quantitative estimate of drug-likeness (QED) is 0.945. The maximum Gasteiger partial charge on any atom is 0.150 e. The van der Waals surface area contributed by atoms with Crippen LogP contribution < -0.4 is 4.74 Å². The largest absolute Gasteiger partial charge is 0.496 e. The first kappa shape index (κ1) is 14.4. The minimum atomic E-state index is -3.02. The number of ether oxygens (including phenoxy) is 1. The molecule has 1 aliphatic heterocycles. The fourth-order valence-electron chi connectivity index (χ4n) is 3.07. The smallest absolute Gasteiger partial charge is 0.150 e. The van der Waals surface area contributed by atoms with Crippen molar-refractivity contribution < 1.29 is 18.3 Å². The highest BCUT2D eigenvalue weighted by molar-refractivity contribution is 7.91. The Balaban J connectivity index is 2.10. The monoisotopic (exact) mass is 306 g/mol. The summed E-state index contributed by atoms with van der Waals surface area (Å²) in [5.74, 6) is 0.530. The number of sulfone groups is 1. The molecule has 21 heavy (non-hydrogen) atoms. The van der Waals surface area contributed by atoms with Crippen LogP contribution in [0.3, 0.4) is 0 Å². The Morgan fingerprint density at radius 2 is 2.00 bits per heavy atom. The van der Waals surface area contributed by atoms with Crippen LogP contribution >= 0.6 is 0 Å². The second kappa shape index (κ2) is 5.31. The van der Waals surface area contributed by atoms with Gasteiger partial charge in [0.25, 0.3) is 0 Å². The second-order valence-electron chi connectivity index (χ2n) is 5.51. The van der Waals surface area contributed by atoms with Crippen molar-refractivity contribution in [2.75, 3.05) is 18.6 Å².